The monoisotopic (exact) mass is 279 g/mol. The highest BCUT2D eigenvalue weighted by atomic mass is 19.1. The Morgan fingerprint density at radius 1 is 1.25 bits per heavy atom. The quantitative estimate of drug-likeness (QED) is 0.880. The van der Waals surface area contributed by atoms with Gasteiger partial charge in [-0.25, -0.2) is 8.78 Å². The lowest BCUT2D eigenvalue weighted by atomic mass is 10.2. The van der Waals surface area contributed by atoms with Gasteiger partial charge in [0.25, 0.3) is 0 Å². The molecule has 1 saturated carbocycles. The molecule has 1 fully saturated rings. The summed E-state index contributed by atoms with van der Waals surface area (Å²) in [5.74, 6) is -0.601. The molecule has 0 spiro atoms. The summed E-state index contributed by atoms with van der Waals surface area (Å²) in [4.78, 5) is 0. The average Bonchev–Trinajstić information content (AvgIpc) is 3.16. The second kappa shape index (κ2) is 5.63. The molecule has 5 heteroatoms. The van der Waals surface area contributed by atoms with Crippen LogP contribution in [0.15, 0.2) is 34.9 Å². The van der Waals surface area contributed by atoms with Gasteiger partial charge < -0.3 is 14.5 Å². The van der Waals surface area contributed by atoms with Gasteiger partial charge in [-0.2, -0.15) is 0 Å². The van der Waals surface area contributed by atoms with Crippen LogP contribution in [0.25, 0.3) is 0 Å². The Kier molecular flexibility index (Phi) is 3.69. The molecule has 106 valence electrons. The molecule has 3 nitrogen and oxygen atoms in total. The van der Waals surface area contributed by atoms with Crippen LogP contribution in [0, 0.1) is 11.6 Å². The van der Waals surface area contributed by atoms with E-state index in [-0.39, 0.29) is 12.4 Å². The van der Waals surface area contributed by atoms with Crippen molar-refractivity contribution < 1.29 is 17.9 Å². The molecule has 1 aliphatic rings. The summed E-state index contributed by atoms with van der Waals surface area (Å²) < 4.78 is 37.1. The standard InChI is InChI=1S/C15H15F2NO2/c16-11-1-4-13(17)14(7-11)20-9-15-10(5-6-19-15)8-18-12-2-3-12/h1,4-7,12,18H,2-3,8-9H2. The van der Waals surface area contributed by atoms with E-state index < -0.39 is 11.6 Å². The zero-order valence-corrected chi connectivity index (χ0v) is 10.9. The third kappa shape index (κ3) is 3.17. The number of halogens is 2. The molecule has 2 aromatic rings. The molecule has 3 rings (SSSR count). The Balaban J connectivity index is 1.62. The summed E-state index contributed by atoms with van der Waals surface area (Å²) in [6, 6.07) is 5.58. The largest absolute Gasteiger partial charge is 0.482 e. The minimum absolute atomic E-state index is 0.0784. The van der Waals surface area contributed by atoms with E-state index in [1.165, 1.54) is 12.8 Å². The van der Waals surface area contributed by atoms with Gasteiger partial charge in [-0.3, -0.25) is 0 Å². The van der Waals surface area contributed by atoms with Gasteiger partial charge in [0.2, 0.25) is 0 Å². The fourth-order valence-corrected chi connectivity index (χ4v) is 1.92. The summed E-state index contributed by atoms with van der Waals surface area (Å²) in [5.41, 5.74) is 0.980. The van der Waals surface area contributed by atoms with Gasteiger partial charge in [-0.15, -0.1) is 0 Å². The highest BCUT2D eigenvalue weighted by molar-refractivity contribution is 5.25. The van der Waals surface area contributed by atoms with Crippen molar-refractivity contribution in [1.82, 2.24) is 5.32 Å². The molecule has 0 radical (unpaired) electrons. The number of furan rings is 1. The van der Waals surface area contributed by atoms with Crippen LogP contribution in [0.1, 0.15) is 24.2 Å². The minimum atomic E-state index is -0.587. The molecule has 1 aromatic carbocycles. The van der Waals surface area contributed by atoms with Gasteiger partial charge >= 0.3 is 0 Å². The maximum atomic E-state index is 13.4. The number of rotatable bonds is 6. The number of ether oxygens (including phenoxy) is 1. The van der Waals surface area contributed by atoms with Crippen LogP contribution in [0.4, 0.5) is 8.78 Å². The van der Waals surface area contributed by atoms with Gasteiger partial charge in [-0.1, -0.05) is 0 Å². The van der Waals surface area contributed by atoms with E-state index in [0.717, 1.165) is 23.8 Å². The fourth-order valence-electron chi connectivity index (χ4n) is 1.92. The van der Waals surface area contributed by atoms with E-state index >= 15 is 0 Å². The zero-order chi connectivity index (χ0) is 13.9. The number of benzene rings is 1. The van der Waals surface area contributed by atoms with E-state index in [1.54, 1.807) is 6.26 Å². The lowest BCUT2D eigenvalue weighted by Crippen LogP contribution is -2.16. The predicted octanol–water partition coefficient (Wildman–Crippen LogP) is 3.39. The molecule has 0 atom stereocenters. The summed E-state index contributed by atoms with van der Waals surface area (Å²) in [7, 11) is 0. The van der Waals surface area contributed by atoms with Crippen molar-refractivity contribution in [1.29, 1.82) is 0 Å². The van der Waals surface area contributed by atoms with E-state index in [1.807, 2.05) is 6.07 Å². The zero-order valence-electron chi connectivity index (χ0n) is 10.9. The maximum absolute atomic E-state index is 13.4. The van der Waals surface area contributed by atoms with Gasteiger partial charge in [0.15, 0.2) is 11.6 Å². The van der Waals surface area contributed by atoms with Crippen LogP contribution in [-0.2, 0) is 13.2 Å². The number of nitrogens with one attached hydrogen (secondary N) is 1. The van der Waals surface area contributed by atoms with Crippen LogP contribution in [-0.4, -0.2) is 6.04 Å². The normalized spacial score (nSPS) is 14.5. The third-order valence-corrected chi connectivity index (χ3v) is 3.25. The summed E-state index contributed by atoms with van der Waals surface area (Å²) >= 11 is 0. The van der Waals surface area contributed by atoms with Crippen molar-refractivity contribution in [2.75, 3.05) is 0 Å². The van der Waals surface area contributed by atoms with E-state index in [4.69, 9.17) is 9.15 Å². The van der Waals surface area contributed by atoms with Gasteiger partial charge in [-0.05, 0) is 31.0 Å². The summed E-state index contributed by atoms with van der Waals surface area (Å²) in [6.07, 6.45) is 3.99. The molecule has 0 saturated heterocycles. The fraction of sp³-hybridized carbons (Fsp3) is 0.333. The number of hydrogen-bond acceptors (Lipinski definition) is 3. The van der Waals surface area contributed by atoms with Crippen LogP contribution in [0.2, 0.25) is 0 Å². The number of hydrogen-bond donors (Lipinski definition) is 1. The molecule has 20 heavy (non-hydrogen) atoms. The molecule has 1 aromatic heterocycles. The molecule has 1 N–H and O–H groups in total. The van der Waals surface area contributed by atoms with Crippen LogP contribution in [0.5, 0.6) is 5.75 Å². The van der Waals surface area contributed by atoms with E-state index in [9.17, 15) is 8.78 Å². The second-order valence-corrected chi connectivity index (χ2v) is 4.89. The SMILES string of the molecule is Fc1ccc(F)c(OCc2occc2CNC2CC2)c1. The lowest BCUT2D eigenvalue weighted by molar-refractivity contribution is 0.255. The average molecular weight is 279 g/mol. The molecular formula is C15H15F2NO2. The Morgan fingerprint density at radius 3 is 2.90 bits per heavy atom. The molecule has 1 heterocycles. The minimum Gasteiger partial charge on any atom is -0.482 e. The first-order chi connectivity index (χ1) is 9.72. The van der Waals surface area contributed by atoms with Gasteiger partial charge in [0.05, 0.1) is 6.26 Å². The Labute approximate surface area is 115 Å². The van der Waals surface area contributed by atoms with Crippen LogP contribution < -0.4 is 10.1 Å². The first kappa shape index (κ1) is 13.1. The maximum Gasteiger partial charge on any atom is 0.165 e. The van der Waals surface area contributed by atoms with Crippen LogP contribution >= 0.6 is 0 Å². The third-order valence-electron chi connectivity index (χ3n) is 3.25. The topological polar surface area (TPSA) is 34.4 Å². The van der Waals surface area contributed by atoms with Crippen molar-refractivity contribution in [2.45, 2.75) is 32.0 Å². The van der Waals surface area contributed by atoms with Crippen molar-refractivity contribution in [2.24, 2.45) is 0 Å². The second-order valence-electron chi connectivity index (χ2n) is 4.89. The Morgan fingerprint density at radius 2 is 2.10 bits per heavy atom. The molecular weight excluding hydrogens is 264 g/mol. The summed E-state index contributed by atoms with van der Waals surface area (Å²) in [6.45, 7) is 0.778. The molecule has 0 amide bonds. The van der Waals surface area contributed by atoms with Gasteiger partial charge in [0, 0.05) is 24.2 Å². The van der Waals surface area contributed by atoms with Crippen molar-refractivity contribution in [3.63, 3.8) is 0 Å². The summed E-state index contributed by atoms with van der Waals surface area (Å²) in [5, 5.41) is 3.37. The van der Waals surface area contributed by atoms with Crippen molar-refractivity contribution >= 4 is 0 Å². The highest BCUT2D eigenvalue weighted by Gasteiger charge is 2.21. The highest BCUT2D eigenvalue weighted by Crippen LogP contribution is 2.22. The Hall–Kier alpha value is -1.88. The first-order valence-electron chi connectivity index (χ1n) is 6.59. The van der Waals surface area contributed by atoms with Crippen LogP contribution in [0.3, 0.4) is 0 Å². The molecule has 0 aliphatic heterocycles. The van der Waals surface area contributed by atoms with E-state index in [0.29, 0.717) is 18.3 Å². The molecule has 0 unspecified atom stereocenters. The van der Waals surface area contributed by atoms with Gasteiger partial charge in [0.1, 0.15) is 18.2 Å². The Bertz CT molecular complexity index is 593. The smallest absolute Gasteiger partial charge is 0.165 e. The first-order valence-corrected chi connectivity index (χ1v) is 6.59. The lowest BCUT2D eigenvalue weighted by Gasteiger charge is -2.08. The molecule has 1 aliphatic carbocycles. The van der Waals surface area contributed by atoms with Crippen molar-refractivity contribution in [3.05, 3.63) is 53.5 Å². The molecule has 0 bridgehead atoms. The van der Waals surface area contributed by atoms with E-state index in [2.05, 4.69) is 5.32 Å². The van der Waals surface area contributed by atoms with Crippen molar-refractivity contribution in [3.8, 4) is 5.75 Å². The predicted molar refractivity (Wildman–Crippen MR) is 69.3 cm³/mol.